The van der Waals surface area contributed by atoms with Crippen molar-refractivity contribution in [3.05, 3.63) is 23.3 Å². The summed E-state index contributed by atoms with van der Waals surface area (Å²) in [4.78, 5) is 11.0. The zero-order chi connectivity index (χ0) is 14.3. The Balaban J connectivity index is 2.00. The number of rotatable bonds is 2. The van der Waals surface area contributed by atoms with Gasteiger partial charge in [0, 0.05) is 18.7 Å². The van der Waals surface area contributed by atoms with E-state index in [-0.39, 0.29) is 43.2 Å². The number of aliphatic carboxylic acids is 1. The number of fused-ring (bicyclic) bond motifs is 1. The lowest BCUT2D eigenvalue weighted by molar-refractivity contribution is -0.141. The molecule has 2 aliphatic rings. The van der Waals surface area contributed by atoms with Gasteiger partial charge < -0.3 is 19.9 Å². The van der Waals surface area contributed by atoms with E-state index < -0.39 is 29.6 Å². The van der Waals surface area contributed by atoms with Crippen LogP contribution in [-0.2, 0) is 4.79 Å². The first-order valence-corrected chi connectivity index (χ1v) is 6.31. The molecule has 7 heteroatoms. The molecule has 0 spiro atoms. The molecule has 0 aliphatic carbocycles. The average Bonchev–Trinajstić information content (AvgIpc) is 2.90. The molecule has 2 unspecified atom stereocenters. The first-order chi connectivity index (χ1) is 9.58. The lowest BCUT2D eigenvalue weighted by Crippen LogP contribution is -2.22. The Morgan fingerprint density at radius 1 is 1.35 bits per heavy atom. The molecule has 2 aliphatic heterocycles. The van der Waals surface area contributed by atoms with Crippen molar-refractivity contribution in [3.8, 4) is 11.5 Å². The number of carbonyl (C=O) groups is 1. The molecule has 5 nitrogen and oxygen atoms in total. The SMILES string of the molecule is O=C(O)C1CNC(c2c(F)c(F)cc3c2OCCO3)C1. The summed E-state index contributed by atoms with van der Waals surface area (Å²) in [6.07, 6.45) is 0.186. The Kier molecular flexibility index (Phi) is 3.21. The normalized spacial score (nSPS) is 24.7. The molecule has 0 aromatic heterocycles. The lowest BCUT2D eigenvalue weighted by Gasteiger charge is -2.24. The number of ether oxygens (including phenoxy) is 2. The van der Waals surface area contributed by atoms with Gasteiger partial charge in [0.1, 0.15) is 13.2 Å². The zero-order valence-electron chi connectivity index (χ0n) is 10.5. The number of hydrogen-bond acceptors (Lipinski definition) is 4. The van der Waals surface area contributed by atoms with Crippen molar-refractivity contribution < 1.29 is 28.2 Å². The van der Waals surface area contributed by atoms with Gasteiger partial charge in [-0.2, -0.15) is 0 Å². The second kappa shape index (κ2) is 4.90. The molecule has 2 N–H and O–H groups in total. The van der Waals surface area contributed by atoms with Gasteiger partial charge in [0.15, 0.2) is 23.1 Å². The fraction of sp³-hybridized carbons (Fsp3) is 0.462. The topological polar surface area (TPSA) is 67.8 Å². The zero-order valence-corrected chi connectivity index (χ0v) is 10.5. The van der Waals surface area contributed by atoms with Gasteiger partial charge in [0.05, 0.1) is 11.5 Å². The van der Waals surface area contributed by atoms with Crippen LogP contribution in [-0.4, -0.2) is 30.8 Å². The van der Waals surface area contributed by atoms with E-state index in [4.69, 9.17) is 14.6 Å². The summed E-state index contributed by atoms with van der Waals surface area (Å²) in [5.41, 5.74) is 0.0171. The summed E-state index contributed by atoms with van der Waals surface area (Å²) in [7, 11) is 0. The van der Waals surface area contributed by atoms with Crippen LogP contribution in [0, 0.1) is 17.6 Å². The van der Waals surface area contributed by atoms with Crippen molar-refractivity contribution in [1.29, 1.82) is 0 Å². The number of benzene rings is 1. The summed E-state index contributed by atoms with van der Waals surface area (Å²) < 4.78 is 38.3. The molecule has 1 fully saturated rings. The fourth-order valence-electron chi connectivity index (χ4n) is 2.61. The van der Waals surface area contributed by atoms with Crippen molar-refractivity contribution in [1.82, 2.24) is 5.32 Å². The van der Waals surface area contributed by atoms with E-state index in [0.29, 0.717) is 0 Å². The van der Waals surface area contributed by atoms with Gasteiger partial charge in [-0.15, -0.1) is 0 Å². The van der Waals surface area contributed by atoms with Gasteiger partial charge in [0.25, 0.3) is 0 Å². The molecule has 1 aromatic carbocycles. The van der Waals surface area contributed by atoms with Crippen LogP contribution in [0.5, 0.6) is 11.5 Å². The highest BCUT2D eigenvalue weighted by molar-refractivity contribution is 5.71. The summed E-state index contributed by atoms with van der Waals surface area (Å²) in [5, 5.41) is 11.9. The monoisotopic (exact) mass is 285 g/mol. The van der Waals surface area contributed by atoms with Gasteiger partial charge in [-0.3, -0.25) is 4.79 Å². The second-order valence-electron chi connectivity index (χ2n) is 4.84. The van der Waals surface area contributed by atoms with E-state index in [2.05, 4.69) is 5.32 Å². The predicted molar refractivity (Wildman–Crippen MR) is 63.8 cm³/mol. The molecule has 1 aromatic rings. The Morgan fingerprint density at radius 3 is 2.80 bits per heavy atom. The molecule has 1 saturated heterocycles. The Hall–Kier alpha value is -1.89. The van der Waals surface area contributed by atoms with Gasteiger partial charge in [0.2, 0.25) is 0 Å². The molecule has 0 radical (unpaired) electrons. The molecular formula is C13H13F2NO4. The Morgan fingerprint density at radius 2 is 2.10 bits per heavy atom. The minimum absolute atomic E-state index is 0.0171. The molecule has 0 bridgehead atoms. The summed E-state index contributed by atoms with van der Waals surface area (Å²) >= 11 is 0. The average molecular weight is 285 g/mol. The predicted octanol–water partition coefficient (Wildman–Crippen LogP) is 1.47. The molecule has 2 atom stereocenters. The fourth-order valence-corrected chi connectivity index (χ4v) is 2.61. The van der Waals surface area contributed by atoms with Crippen LogP contribution in [0.15, 0.2) is 6.07 Å². The third kappa shape index (κ3) is 2.07. The van der Waals surface area contributed by atoms with Crippen LogP contribution in [0.25, 0.3) is 0 Å². The molecule has 3 rings (SSSR count). The maximum Gasteiger partial charge on any atom is 0.307 e. The third-order valence-corrected chi connectivity index (χ3v) is 3.59. The van der Waals surface area contributed by atoms with Crippen LogP contribution < -0.4 is 14.8 Å². The van der Waals surface area contributed by atoms with E-state index in [9.17, 15) is 13.6 Å². The van der Waals surface area contributed by atoms with Crippen LogP contribution in [0.4, 0.5) is 8.78 Å². The number of carboxylic acids is 1. The standard InChI is InChI=1S/C13H13F2NO4/c14-7-4-9-12(20-2-1-19-9)10(11(7)15)8-3-6(5-16-8)13(17)18/h4,6,8,16H,1-3,5H2,(H,17,18). The highest BCUT2D eigenvalue weighted by Crippen LogP contribution is 2.43. The molecule has 2 heterocycles. The van der Waals surface area contributed by atoms with Gasteiger partial charge in [-0.05, 0) is 6.42 Å². The lowest BCUT2D eigenvalue weighted by atomic mass is 9.98. The van der Waals surface area contributed by atoms with E-state index in [1.54, 1.807) is 0 Å². The Bertz CT molecular complexity index is 564. The second-order valence-corrected chi connectivity index (χ2v) is 4.84. The number of halogens is 2. The highest BCUT2D eigenvalue weighted by Gasteiger charge is 2.36. The van der Waals surface area contributed by atoms with Gasteiger partial charge in [-0.1, -0.05) is 0 Å². The van der Waals surface area contributed by atoms with Gasteiger partial charge >= 0.3 is 5.97 Å². The maximum atomic E-state index is 14.1. The smallest absolute Gasteiger partial charge is 0.307 e. The molecule has 0 amide bonds. The van der Waals surface area contributed by atoms with Crippen molar-refractivity contribution >= 4 is 5.97 Å². The summed E-state index contributed by atoms with van der Waals surface area (Å²) in [6, 6.07) is 0.360. The maximum absolute atomic E-state index is 14.1. The van der Waals surface area contributed by atoms with Crippen LogP contribution in [0.3, 0.4) is 0 Å². The summed E-state index contributed by atoms with van der Waals surface area (Å²) in [5.74, 6) is -3.29. The quantitative estimate of drug-likeness (QED) is 0.861. The van der Waals surface area contributed by atoms with Gasteiger partial charge in [-0.25, -0.2) is 8.78 Å². The molecular weight excluding hydrogens is 272 g/mol. The van der Waals surface area contributed by atoms with Crippen molar-refractivity contribution in [3.63, 3.8) is 0 Å². The molecule has 20 heavy (non-hydrogen) atoms. The largest absolute Gasteiger partial charge is 0.486 e. The van der Waals surface area contributed by atoms with Crippen molar-refractivity contribution in [2.45, 2.75) is 12.5 Å². The highest BCUT2D eigenvalue weighted by atomic mass is 19.2. The first kappa shape index (κ1) is 13.1. The number of nitrogens with one attached hydrogen (secondary N) is 1. The van der Waals surface area contributed by atoms with Crippen LogP contribution >= 0.6 is 0 Å². The Labute approximate surface area is 113 Å². The van der Waals surface area contributed by atoms with Crippen LogP contribution in [0.2, 0.25) is 0 Å². The van der Waals surface area contributed by atoms with Crippen molar-refractivity contribution in [2.75, 3.05) is 19.8 Å². The summed E-state index contributed by atoms with van der Waals surface area (Å²) in [6.45, 7) is 0.735. The van der Waals surface area contributed by atoms with Crippen molar-refractivity contribution in [2.24, 2.45) is 5.92 Å². The number of carboxylic acid groups (broad SMARTS) is 1. The van der Waals surface area contributed by atoms with E-state index in [1.165, 1.54) is 0 Å². The third-order valence-electron chi connectivity index (χ3n) is 3.59. The molecule has 108 valence electrons. The van der Waals surface area contributed by atoms with E-state index in [1.807, 2.05) is 0 Å². The van der Waals surface area contributed by atoms with E-state index >= 15 is 0 Å². The minimum atomic E-state index is -1.02. The van der Waals surface area contributed by atoms with E-state index in [0.717, 1.165) is 6.07 Å². The number of hydrogen-bond donors (Lipinski definition) is 2. The molecule has 0 saturated carbocycles. The van der Waals surface area contributed by atoms with Crippen LogP contribution in [0.1, 0.15) is 18.0 Å². The first-order valence-electron chi connectivity index (χ1n) is 6.31. The minimum Gasteiger partial charge on any atom is -0.486 e.